The molecule has 0 unspecified atom stereocenters. The number of aryl methyl sites for hydroxylation is 1. The van der Waals surface area contributed by atoms with Crippen molar-refractivity contribution in [2.24, 2.45) is 5.92 Å². The van der Waals surface area contributed by atoms with Crippen LogP contribution in [0.4, 0.5) is 5.95 Å². The molecule has 1 N–H and O–H groups in total. The number of hydrogen-bond donors (Lipinski definition) is 1. The zero-order chi connectivity index (χ0) is 20.9. The second-order valence-electron chi connectivity index (χ2n) is 8.80. The first-order valence-corrected chi connectivity index (χ1v) is 11.1. The lowest BCUT2D eigenvalue weighted by Crippen LogP contribution is -2.51. The summed E-state index contributed by atoms with van der Waals surface area (Å²) in [5.41, 5.74) is 3.10. The number of nitrogens with zero attached hydrogens (tertiary/aromatic N) is 5. The van der Waals surface area contributed by atoms with Crippen molar-refractivity contribution in [3.63, 3.8) is 0 Å². The molecule has 1 aromatic heterocycles. The predicted octanol–water partition coefficient (Wildman–Crippen LogP) is 2.66. The number of amides is 1. The highest BCUT2D eigenvalue weighted by Crippen LogP contribution is 2.23. The zero-order valence-electron chi connectivity index (χ0n) is 18.0. The normalized spacial score (nSPS) is 22.7. The van der Waals surface area contributed by atoms with Crippen molar-refractivity contribution < 1.29 is 4.79 Å². The van der Waals surface area contributed by atoms with E-state index in [-0.39, 0.29) is 5.91 Å². The van der Waals surface area contributed by atoms with Gasteiger partial charge in [0.05, 0.1) is 18.4 Å². The molecule has 2 aliphatic rings. The molecule has 0 spiro atoms. The lowest BCUT2D eigenvalue weighted by molar-refractivity contribution is -0.123. The maximum Gasteiger partial charge on any atom is 0.245 e. The van der Waals surface area contributed by atoms with Crippen LogP contribution in [0.3, 0.4) is 0 Å². The molecule has 1 amide bonds. The molecular formula is C23H32N6O. The van der Waals surface area contributed by atoms with Gasteiger partial charge >= 0.3 is 0 Å². The number of nitrogens with one attached hydrogen (secondary N) is 1. The fraction of sp³-hybridized carbons (Fsp3) is 0.565. The molecule has 7 nitrogen and oxygen atoms in total. The molecule has 0 radical (unpaired) electrons. The molecule has 2 heterocycles. The Morgan fingerprint density at radius 2 is 1.77 bits per heavy atom. The van der Waals surface area contributed by atoms with Gasteiger partial charge in [0.25, 0.3) is 0 Å². The van der Waals surface area contributed by atoms with Gasteiger partial charge in [0, 0.05) is 37.8 Å². The monoisotopic (exact) mass is 408 g/mol. The summed E-state index contributed by atoms with van der Waals surface area (Å²) in [7, 11) is 0. The first-order chi connectivity index (χ1) is 14.6. The number of anilines is 1. The molecular weight excluding hydrogens is 376 g/mol. The highest BCUT2D eigenvalue weighted by atomic mass is 16.2. The Kier molecular flexibility index (Phi) is 6.57. The van der Waals surface area contributed by atoms with Crippen LogP contribution in [0.25, 0.3) is 11.3 Å². The van der Waals surface area contributed by atoms with Crippen molar-refractivity contribution in [1.82, 2.24) is 25.4 Å². The second kappa shape index (κ2) is 9.51. The summed E-state index contributed by atoms with van der Waals surface area (Å²) in [4.78, 5) is 21.5. The largest absolute Gasteiger partial charge is 0.352 e. The van der Waals surface area contributed by atoms with Crippen LogP contribution in [-0.2, 0) is 4.79 Å². The molecule has 0 bridgehead atoms. The third-order valence-corrected chi connectivity index (χ3v) is 6.30. The molecule has 30 heavy (non-hydrogen) atoms. The molecule has 7 heteroatoms. The van der Waals surface area contributed by atoms with E-state index in [1.165, 1.54) is 18.4 Å². The fourth-order valence-corrected chi connectivity index (χ4v) is 4.28. The van der Waals surface area contributed by atoms with Gasteiger partial charge < -0.3 is 10.2 Å². The topological polar surface area (TPSA) is 74.2 Å². The van der Waals surface area contributed by atoms with E-state index in [1.54, 1.807) is 6.20 Å². The summed E-state index contributed by atoms with van der Waals surface area (Å²) in [5.74, 6) is 1.61. The van der Waals surface area contributed by atoms with E-state index >= 15 is 0 Å². The average molecular weight is 409 g/mol. The van der Waals surface area contributed by atoms with Crippen LogP contribution in [0, 0.1) is 12.8 Å². The van der Waals surface area contributed by atoms with E-state index in [0.717, 1.165) is 56.2 Å². The summed E-state index contributed by atoms with van der Waals surface area (Å²) in [6.07, 6.45) is 6.38. The Bertz CT molecular complexity index is 839. The van der Waals surface area contributed by atoms with Gasteiger partial charge in [-0.05, 0) is 38.5 Å². The Hall–Kier alpha value is -2.54. The Morgan fingerprint density at radius 1 is 1.07 bits per heavy atom. The predicted molar refractivity (Wildman–Crippen MR) is 118 cm³/mol. The lowest BCUT2D eigenvalue weighted by Gasteiger charge is -2.34. The zero-order valence-corrected chi connectivity index (χ0v) is 18.0. The quantitative estimate of drug-likeness (QED) is 0.820. The number of benzene rings is 1. The van der Waals surface area contributed by atoms with Gasteiger partial charge in [-0.1, -0.05) is 36.8 Å². The number of hydrogen-bond acceptors (Lipinski definition) is 6. The standard InChI is InChI=1S/C23H32N6O/c1-17-3-7-19(8-4-17)21-15-24-27-23(26-21)29-13-11-28(12-14-29)16-22(30)25-20-9-5-18(2)6-10-20/h3-4,7-8,15,18,20H,5-6,9-14,16H2,1-2H3,(H,25,30). The van der Waals surface area contributed by atoms with E-state index in [1.807, 2.05) is 0 Å². The van der Waals surface area contributed by atoms with Crippen LogP contribution in [0.2, 0.25) is 0 Å². The smallest absolute Gasteiger partial charge is 0.245 e. The van der Waals surface area contributed by atoms with Crippen molar-refractivity contribution in [3.05, 3.63) is 36.0 Å². The van der Waals surface area contributed by atoms with Crippen LogP contribution in [0.5, 0.6) is 0 Å². The van der Waals surface area contributed by atoms with Gasteiger partial charge in [-0.2, -0.15) is 5.10 Å². The van der Waals surface area contributed by atoms with Crippen molar-refractivity contribution >= 4 is 11.9 Å². The Labute approximate surface area is 178 Å². The molecule has 0 atom stereocenters. The van der Waals surface area contributed by atoms with E-state index in [9.17, 15) is 4.79 Å². The molecule has 4 rings (SSSR count). The van der Waals surface area contributed by atoms with Crippen molar-refractivity contribution in [2.75, 3.05) is 37.6 Å². The summed E-state index contributed by atoms with van der Waals surface area (Å²) < 4.78 is 0. The maximum atomic E-state index is 12.4. The van der Waals surface area contributed by atoms with E-state index in [2.05, 4.69) is 63.4 Å². The van der Waals surface area contributed by atoms with Crippen LogP contribution < -0.4 is 10.2 Å². The highest BCUT2D eigenvalue weighted by molar-refractivity contribution is 5.78. The third-order valence-electron chi connectivity index (χ3n) is 6.30. The third kappa shape index (κ3) is 5.33. The molecule has 2 fully saturated rings. The average Bonchev–Trinajstić information content (AvgIpc) is 2.76. The van der Waals surface area contributed by atoms with Gasteiger partial charge in [-0.25, -0.2) is 4.98 Å². The summed E-state index contributed by atoms with van der Waals surface area (Å²) in [6.45, 7) is 8.10. The summed E-state index contributed by atoms with van der Waals surface area (Å²) in [5, 5.41) is 11.6. The number of piperazine rings is 1. The van der Waals surface area contributed by atoms with Gasteiger partial charge in [0.1, 0.15) is 0 Å². The van der Waals surface area contributed by atoms with E-state index < -0.39 is 0 Å². The van der Waals surface area contributed by atoms with Crippen molar-refractivity contribution in [1.29, 1.82) is 0 Å². The molecule has 2 aromatic rings. The number of rotatable bonds is 5. The Balaban J connectivity index is 1.28. The Morgan fingerprint density at radius 3 is 2.47 bits per heavy atom. The molecule has 1 aromatic carbocycles. The summed E-state index contributed by atoms with van der Waals surface area (Å²) in [6, 6.07) is 8.64. The van der Waals surface area contributed by atoms with Gasteiger partial charge in [0.2, 0.25) is 11.9 Å². The minimum atomic E-state index is 0.155. The maximum absolute atomic E-state index is 12.4. The van der Waals surface area contributed by atoms with Gasteiger partial charge in [-0.15, -0.1) is 5.10 Å². The molecule has 1 saturated heterocycles. The van der Waals surface area contributed by atoms with E-state index in [0.29, 0.717) is 18.5 Å². The van der Waals surface area contributed by atoms with Gasteiger partial charge in [0.15, 0.2) is 0 Å². The molecule has 1 aliphatic heterocycles. The number of carbonyl (C=O) groups is 1. The number of aromatic nitrogens is 3. The first-order valence-electron chi connectivity index (χ1n) is 11.1. The van der Waals surface area contributed by atoms with Gasteiger partial charge in [-0.3, -0.25) is 9.69 Å². The minimum absolute atomic E-state index is 0.155. The lowest BCUT2D eigenvalue weighted by atomic mass is 9.87. The van der Waals surface area contributed by atoms with Crippen LogP contribution >= 0.6 is 0 Å². The van der Waals surface area contributed by atoms with Crippen LogP contribution in [0.15, 0.2) is 30.5 Å². The van der Waals surface area contributed by atoms with Crippen LogP contribution in [0.1, 0.15) is 38.2 Å². The molecule has 160 valence electrons. The fourth-order valence-electron chi connectivity index (χ4n) is 4.28. The summed E-state index contributed by atoms with van der Waals surface area (Å²) >= 11 is 0. The second-order valence-corrected chi connectivity index (χ2v) is 8.80. The van der Waals surface area contributed by atoms with Crippen LogP contribution in [-0.4, -0.2) is 64.8 Å². The molecule has 1 aliphatic carbocycles. The molecule has 1 saturated carbocycles. The highest BCUT2D eigenvalue weighted by Gasteiger charge is 2.24. The van der Waals surface area contributed by atoms with E-state index in [4.69, 9.17) is 4.98 Å². The number of carbonyl (C=O) groups excluding carboxylic acids is 1. The van der Waals surface area contributed by atoms with Crippen molar-refractivity contribution in [3.8, 4) is 11.3 Å². The first kappa shape index (κ1) is 20.7. The van der Waals surface area contributed by atoms with Crippen molar-refractivity contribution in [2.45, 2.75) is 45.6 Å². The minimum Gasteiger partial charge on any atom is -0.352 e. The SMILES string of the molecule is Cc1ccc(-c2cnnc(N3CCN(CC(=O)NC4CCC(C)CC4)CC3)n2)cc1.